The van der Waals surface area contributed by atoms with Crippen molar-refractivity contribution in [1.82, 2.24) is 20.0 Å². The lowest BCUT2D eigenvalue weighted by Gasteiger charge is -2.39. The summed E-state index contributed by atoms with van der Waals surface area (Å²) in [5, 5.41) is 7.70. The molecule has 0 radical (unpaired) electrons. The van der Waals surface area contributed by atoms with Crippen LogP contribution < -0.4 is 5.32 Å². The third kappa shape index (κ3) is 3.29. The lowest BCUT2D eigenvalue weighted by atomic mass is 9.86. The molecule has 22 heavy (non-hydrogen) atoms. The number of hydrogen-bond donors (Lipinski definition) is 1. The van der Waals surface area contributed by atoms with E-state index in [4.69, 9.17) is 4.74 Å². The number of carbonyl (C=O) groups is 1. The second kappa shape index (κ2) is 7.44. The van der Waals surface area contributed by atoms with Gasteiger partial charge in [0.15, 0.2) is 0 Å². The number of halogens is 1. The molecule has 3 rings (SSSR count). The molecule has 0 bridgehead atoms. The molecular formula is C15H25ClN4O2. The van der Waals surface area contributed by atoms with Gasteiger partial charge in [-0.1, -0.05) is 0 Å². The van der Waals surface area contributed by atoms with E-state index in [2.05, 4.69) is 10.4 Å². The zero-order valence-electron chi connectivity index (χ0n) is 13.0. The summed E-state index contributed by atoms with van der Waals surface area (Å²) in [6, 6.07) is 1.89. The molecule has 1 atom stereocenters. The normalized spacial score (nSPS) is 23.8. The molecule has 2 aliphatic rings. The minimum Gasteiger partial charge on any atom is -0.381 e. The average Bonchev–Trinajstić information content (AvgIpc) is 3.20. The van der Waals surface area contributed by atoms with Crippen LogP contribution in [-0.4, -0.2) is 60.5 Å². The molecule has 7 heteroatoms. The van der Waals surface area contributed by atoms with Crippen LogP contribution in [0.2, 0.25) is 0 Å². The zero-order valence-corrected chi connectivity index (χ0v) is 13.8. The Hall–Kier alpha value is -1.11. The van der Waals surface area contributed by atoms with Crippen molar-refractivity contribution in [1.29, 1.82) is 0 Å². The highest BCUT2D eigenvalue weighted by atomic mass is 35.5. The van der Waals surface area contributed by atoms with E-state index >= 15 is 0 Å². The second-order valence-electron chi connectivity index (χ2n) is 6.15. The minimum atomic E-state index is -0.525. The number of carbonyl (C=O) groups excluding carboxylic acids is 1. The molecule has 2 aliphatic heterocycles. The summed E-state index contributed by atoms with van der Waals surface area (Å²) < 4.78 is 7.27. The van der Waals surface area contributed by atoms with Crippen LogP contribution in [0.1, 0.15) is 19.3 Å². The van der Waals surface area contributed by atoms with Crippen molar-refractivity contribution in [2.45, 2.75) is 24.8 Å². The van der Waals surface area contributed by atoms with E-state index < -0.39 is 5.54 Å². The maximum atomic E-state index is 13.1. The second-order valence-corrected chi connectivity index (χ2v) is 6.15. The fraction of sp³-hybridized carbons (Fsp3) is 0.733. The highest BCUT2D eigenvalue weighted by molar-refractivity contribution is 5.85. The zero-order chi connectivity index (χ0) is 14.7. The molecule has 2 fully saturated rings. The number of nitrogens with one attached hydrogen (secondary N) is 1. The Bertz CT molecular complexity index is 468. The Balaban J connectivity index is 0.00000176. The number of likely N-dealkylation sites (N-methyl/N-ethyl adjacent to an activating group) is 1. The molecule has 1 N–H and O–H groups in total. The lowest BCUT2D eigenvalue weighted by molar-refractivity contribution is -0.142. The summed E-state index contributed by atoms with van der Waals surface area (Å²) in [7, 11) is 1.91. The van der Waals surface area contributed by atoms with Crippen molar-refractivity contribution < 1.29 is 9.53 Å². The van der Waals surface area contributed by atoms with E-state index in [9.17, 15) is 4.79 Å². The summed E-state index contributed by atoms with van der Waals surface area (Å²) in [6.45, 7) is 4.07. The Morgan fingerprint density at radius 2 is 2.27 bits per heavy atom. The number of piperidine rings is 1. The average molecular weight is 329 g/mol. The number of rotatable bonds is 4. The quantitative estimate of drug-likeness (QED) is 0.891. The van der Waals surface area contributed by atoms with Crippen molar-refractivity contribution in [2.75, 3.05) is 39.9 Å². The fourth-order valence-corrected chi connectivity index (χ4v) is 3.46. The molecular weight excluding hydrogens is 304 g/mol. The molecule has 1 unspecified atom stereocenters. The highest BCUT2D eigenvalue weighted by Crippen LogP contribution is 2.29. The van der Waals surface area contributed by atoms with Crippen LogP contribution in [0, 0.1) is 5.92 Å². The minimum absolute atomic E-state index is 0. The third-order valence-corrected chi connectivity index (χ3v) is 4.67. The van der Waals surface area contributed by atoms with Gasteiger partial charge < -0.3 is 15.0 Å². The van der Waals surface area contributed by atoms with Gasteiger partial charge in [0.2, 0.25) is 5.91 Å². The topological polar surface area (TPSA) is 59.4 Å². The van der Waals surface area contributed by atoms with E-state index in [-0.39, 0.29) is 18.3 Å². The van der Waals surface area contributed by atoms with Crippen LogP contribution >= 0.6 is 12.4 Å². The van der Waals surface area contributed by atoms with Gasteiger partial charge in [0.05, 0.1) is 6.61 Å². The van der Waals surface area contributed by atoms with Gasteiger partial charge in [0.25, 0.3) is 0 Å². The van der Waals surface area contributed by atoms with Gasteiger partial charge in [0, 0.05) is 38.5 Å². The number of ether oxygens (including phenoxy) is 1. The number of aromatic nitrogens is 2. The molecule has 0 spiro atoms. The molecule has 1 aromatic rings. The standard InChI is InChI=1S/C15H24N4O2.ClH/c1-18(11-13-3-10-21-12-13)14(20)15(4-7-16-8-5-15)19-9-2-6-17-19;/h2,6,9,13,16H,3-5,7-8,10-12H2,1H3;1H. The monoisotopic (exact) mass is 328 g/mol. The first-order chi connectivity index (χ1) is 10.2. The molecule has 1 aromatic heterocycles. The first kappa shape index (κ1) is 17.2. The van der Waals surface area contributed by atoms with Gasteiger partial charge in [-0.05, 0) is 38.4 Å². The van der Waals surface area contributed by atoms with Crippen LogP contribution in [0.4, 0.5) is 0 Å². The Labute approximate surface area is 137 Å². The molecule has 6 nitrogen and oxygen atoms in total. The van der Waals surface area contributed by atoms with E-state index in [0.717, 1.165) is 52.1 Å². The van der Waals surface area contributed by atoms with Gasteiger partial charge in [-0.15, -0.1) is 12.4 Å². The first-order valence-corrected chi connectivity index (χ1v) is 7.76. The predicted molar refractivity (Wildman–Crippen MR) is 86.1 cm³/mol. The van der Waals surface area contributed by atoms with Gasteiger partial charge in [-0.2, -0.15) is 5.10 Å². The van der Waals surface area contributed by atoms with Crippen LogP contribution in [0.15, 0.2) is 18.5 Å². The van der Waals surface area contributed by atoms with Gasteiger partial charge in [0.1, 0.15) is 5.54 Å². The summed E-state index contributed by atoms with van der Waals surface area (Å²) >= 11 is 0. The van der Waals surface area contributed by atoms with Crippen molar-refractivity contribution >= 4 is 18.3 Å². The van der Waals surface area contributed by atoms with Crippen molar-refractivity contribution in [3.63, 3.8) is 0 Å². The van der Waals surface area contributed by atoms with Crippen LogP contribution in [0.25, 0.3) is 0 Å². The summed E-state index contributed by atoms with van der Waals surface area (Å²) in [5.74, 6) is 0.648. The molecule has 0 aliphatic carbocycles. The maximum absolute atomic E-state index is 13.1. The lowest BCUT2D eigenvalue weighted by Crippen LogP contribution is -2.55. The predicted octanol–water partition coefficient (Wildman–Crippen LogP) is 0.878. The Kier molecular flexibility index (Phi) is 5.83. The highest BCUT2D eigenvalue weighted by Gasteiger charge is 2.43. The Morgan fingerprint density at radius 3 is 2.86 bits per heavy atom. The molecule has 3 heterocycles. The van der Waals surface area contributed by atoms with E-state index in [0.29, 0.717) is 5.92 Å². The SMILES string of the molecule is CN(CC1CCOC1)C(=O)C1(n2cccn2)CCNCC1.Cl. The number of nitrogens with zero attached hydrogens (tertiary/aromatic N) is 3. The van der Waals surface area contributed by atoms with E-state index in [1.165, 1.54) is 0 Å². The van der Waals surface area contributed by atoms with Gasteiger partial charge in [-0.3, -0.25) is 9.48 Å². The van der Waals surface area contributed by atoms with Crippen molar-refractivity contribution in [3.05, 3.63) is 18.5 Å². The maximum Gasteiger partial charge on any atom is 0.250 e. The fourth-order valence-electron chi connectivity index (χ4n) is 3.46. The number of hydrogen-bond acceptors (Lipinski definition) is 4. The summed E-state index contributed by atoms with van der Waals surface area (Å²) in [4.78, 5) is 15.0. The summed E-state index contributed by atoms with van der Waals surface area (Å²) in [5.41, 5.74) is -0.525. The van der Waals surface area contributed by atoms with E-state index in [1.54, 1.807) is 6.20 Å². The number of amides is 1. The molecule has 2 saturated heterocycles. The summed E-state index contributed by atoms with van der Waals surface area (Å²) in [6.07, 6.45) is 6.30. The smallest absolute Gasteiger partial charge is 0.250 e. The van der Waals surface area contributed by atoms with Crippen LogP contribution in [-0.2, 0) is 15.1 Å². The largest absolute Gasteiger partial charge is 0.381 e. The molecule has 124 valence electrons. The van der Waals surface area contributed by atoms with Crippen molar-refractivity contribution in [3.8, 4) is 0 Å². The Morgan fingerprint density at radius 1 is 1.50 bits per heavy atom. The first-order valence-electron chi connectivity index (χ1n) is 7.76. The van der Waals surface area contributed by atoms with Gasteiger partial charge >= 0.3 is 0 Å². The molecule has 1 amide bonds. The van der Waals surface area contributed by atoms with Crippen molar-refractivity contribution in [2.24, 2.45) is 5.92 Å². The van der Waals surface area contributed by atoms with Crippen LogP contribution in [0.5, 0.6) is 0 Å². The van der Waals surface area contributed by atoms with E-state index in [1.807, 2.05) is 28.9 Å². The third-order valence-electron chi connectivity index (χ3n) is 4.67. The van der Waals surface area contributed by atoms with Gasteiger partial charge in [-0.25, -0.2) is 0 Å². The molecule has 0 saturated carbocycles. The molecule has 0 aromatic carbocycles. The van der Waals surface area contributed by atoms with Crippen LogP contribution in [0.3, 0.4) is 0 Å².